The molecular weight excluding hydrogens is 303 g/mol. The molecule has 0 bridgehead atoms. The molecule has 3 N–H and O–H groups in total. The molecule has 1 rings (SSSR count). The second-order valence-electron chi connectivity index (χ2n) is 3.92. The minimum Gasteiger partial charge on any atom is -0.492 e. The van der Waals surface area contributed by atoms with Crippen LogP contribution in [0.4, 0.5) is 5.69 Å². The Kier molecular flexibility index (Phi) is 9.33. The van der Waals surface area contributed by atoms with Crippen molar-refractivity contribution in [2.75, 3.05) is 25.6 Å². The molecule has 1 aromatic rings. The fourth-order valence-electron chi connectivity index (χ4n) is 1.55. The number of ether oxygens (including phenoxy) is 2. The van der Waals surface area contributed by atoms with Crippen molar-refractivity contribution in [1.29, 1.82) is 0 Å². The van der Waals surface area contributed by atoms with Gasteiger partial charge in [0.05, 0.1) is 24.8 Å². The largest absolute Gasteiger partial charge is 0.492 e. The molecule has 0 aliphatic carbocycles. The molecule has 1 unspecified atom stereocenters. The predicted octanol–water partition coefficient (Wildman–Crippen LogP) is 2.46. The fraction of sp³-hybridized carbons (Fsp3) is 0.462. The molecule has 0 fully saturated rings. The average Bonchev–Trinajstić information content (AvgIpc) is 2.39. The van der Waals surface area contributed by atoms with E-state index in [4.69, 9.17) is 26.8 Å². The molecular formula is C13H20Cl2N2O3. The summed E-state index contributed by atoms with van der Waals surface area (Å²) in [6.45, 7) is 2.65. The highest BCUT2D eigenvalue weighted by atomic mass is 35.5. The van der Waals surface area contributed by atoms with Crippen molar-refractivity contribution in [2.45, 2.75) is 19.4 Å². The smallest absolute Gasteiger partial charge is 0.227 e. The normalized spacial score (nSPS) is 11.4. The molecule has 7 heteroatoms. The minimum atomic E-state index is -0.289. The minimum absolute atomic E-state index is 0. The third kappa shape index (κ3) is 5.96. The average molecular weight is 323 g/mol. The van der Waals surface area contributed by atoms with Gasteiger partial charge in [0, 0.05) is 24.7 Å². The van der Waals surface area contributed by atoms with E-state index in [1.54, 1.807) is 18.2 Å². The lowest BCUT2D eigenvalue weighted by Gasteiger charge is -2.15. The number of benzene rings is 1. The number of anilines is 1. The first-order valence-electron chi connectivity index (χ1n) is 6.05. The van der Waals surface area contributed by atoms with Crippen molar-refractivity contribution in [3.05, 3.63) is 23.2 Å². The SMILES string of the molecule is CCOc1cc(Cl)ccc1NC(=O)CC(CN)OC.Cl. The van der Waals surface area contributed by atoms with E-state index in [1.807, 2.05) is 6.92 Å². The van der Waals surface area contributed by atoms with Gasteiger partial charge in [-0.1, -0.05) is 11.6 Å². The molecule has 0 saturated carbocycles. The number of hydrogen-bond donors (Lipinski definition) is 2. The van der Waals surface area contributed by atoms with Gasteiger partial charge in [0.25, 0.3) is 0 Å². The van der Waals surface area contributed by atoms with Crippen molar-refractivity contribution >= 4 is 35.6 Å². The van der Waals surface area contributed by atoms with Crippen LogP contribution >= 0.6 is 24.0 Å². The van der Waals surface area contributed by atoms with Gasteiger partial charge in [-0.25, -0.2) is 0 Å². The standard InChI is InChI=1S/C13H19ClN2O3.ClH/c1-3-19-12-6-9(14)4-5-11(12)16-13(17)7-10(8-15)18-2;/h4-6,10H,3,7-8,15H2,1-2H3,(H,16,17);1H. The Hall–Kier alpha value is -1.01. The lowest BCUT2D eigenvalue weighted by molar-refractivity contribution is -0.118. The zero-order valence-electron chi connectivity index (χ0n) is 11.5. The van der Waals surface area contributed by atoms with Gasteiger partial charge in [-0.3, -0.25) is 4.79 Å². The van der Waals surface area contributed by atoms with Crippen molar-refractivity contribution in [1.82, 2.24) is 0 Å². The monoisotopic (exact) mass is 322 g/mol. The Labute approximate surface area is 130 Å². The van der Waals surface area contributed by atoms with Crippen LogP contribution in [-0.4, -0.2) is 32.3 Å². The third-order valence-electron chi connectivity index (χ3n) is 2.53. The molecule has 114 valence electrons. The van der Waals surface area contributed by atoms with E-state index in [0.29, 0.717) is 29.6 Å². The summed E-state index contributed by atoms with van der Waals surface area (Å²) in [6.07, 6.45) is -0.0934. The van der Waals surface area contributed by atoms with Crippen LogP contribution < -0.4 is 15.8 Å². The maximum absolute atomic E-state index is 11.8. The lowest BCUT2D eigenvalue weighted by atomic mass is 10.2. The summed E-state index contributed by atoms with van der Waals surface area (Å²) in [6, 6.07) is 5.06. The van der Waals surface area contributed by atoms with Gasteiger partial charge in [0.1, 0.15) is 5.75 Å². The van der Waals surface area contributed by atoms with E-state index >= 15 is 0 Å². The Balaban J connectivity index is 0.00000361. The van der Waals surface area contributed by atoms with Crippen LogP contribution in [0.15, 0.2) is 18.2 Å². The number of amides is 1. The molecule has 5 nitrogen and oxygen atoms in total. The highest BCUT2D eigenvalue weighted by molar-refractivity contribution is 6.30. The number of nitrogens with two attached hydrogens (primary N) is 1. The van der Waals surface area contributed by atoms with E-state index in [-0.39, 0.29) is 30.8 Å². The summed E-state index contributed by atoms with van der Waals surface area (Å²) < 4.78 is 10.5. The summed E-state index contributed by atoms with van der Waals surface area (Å²) in [5.74, 6) is 0.366. The second kappa shape index (κ2) is 9.83. The van der Waals surface area contributed by atoms with Crippen molar-refractivity contribution in [3.8, 4) is 5.75 Å². The number of carbonyl (C=O) groups excluding carboxylic acids is 1. The third-order valence-corrected chi connectivity index (χ3v) is 2.76. The van der Waals surface area contributed by atoms with E-state index in [1.165, 1.54) is 7.11 Å². The zero-order valence-corrected chi connectivity index (χ0v) is 13.1. The van der Waals surface area contributed by atoms with Crippen molar-refractivity contribution in [3.63, 3.8) is 0 Å². The summed E-state index contributed by atoms with van der Waals surface area (Å²) >= 11 is 5.89. The quantitative estimate of drug-likeness (QED) is 0.808. The topological polar surface area (TPSA) is 73.6 Å². The molecule has 0 radical (unpaired) electrons. The number of rotatable bonds is 7. The molecule has 0 aliphatic rings. The summed E-state index contributed by atoms with van der Waals surface area (Å²) in [5, 5.41) is 3.32. The van der Waals surface area contributed by atoms with Crippen LogP contribution in [-0.2, 0) is 9.53 Å². The molecule has 20 heavy (non-hydrogen) atoms. The first-order chi connectivity index (χ1) is 9.10. The second-order valence-corrected chi connectivity index (χ2v) is 4.36. The number of nitrogens with one attached hydrogen (secondary N) is 1. The molecule has 0 saturated heterocycles. The summed E-state index contributed by atoms with van der Waals surface area (Å²) in [5.41, 5.74) is 6.06. The Morgan fingerprint density at radius 2 is 2.20 bits per heavy atom. The fourth-order valence-corrected chi connectivity index (χ4v) is 1.71. The van der Waals surface area contributed by atoms with Gasteiger partial charge in [-0.05, 0) is 19.1 Å². The lowest BCUT2D eigenvalue weighted by Crippen LogP contribution is -2.28. The van der Waals surface area contributed by atoms with Gasteiger partial charge in [-0.15, -0.1) is 12.4 Å². The van der Waals surface area contributed by atoms with Crippen LogP contribution in [0.1, 0.15) is 13.3 Å². The summed E-state index contributed by atoms with van der Waals surface area (Å²) in [7, 11) is 1.53. The van der Waals surface area contributed by atoms with Gasteiger partial charge >= 0.3 is 0 Å². The van der Waals surface area contributed by atoms with Crippen molar-refractivity contribution in [2.24, 2.45) is 5.73 Å². The molecule has 1 aromatic carbocycles. The first kappa shape index (κ1) is 19.0. The highest BCUT2D eigenvalue weighted by Crippen LogP contribution is 2.28. The van der Waals surface area contributed by atoms with E-state index in [9.17, 15) is 4.79 Å². The summed E-state index contributed by atoms with van der Waals surface area (Å²) in [4.78, 5) is 11.8. The number of hydrogen-bond acceptors (Lipinski definition) is 4. The first-order valence-corrected chi connectivity index (χ1v) is 6.43. The van der Waals surface area contributed by atoms with Gasteiger partial charge < -0.3 is 20.5 Å². The van der Waals surface area contributed by atoms with Gasteiger partial charge in [0.2, 0.25) is 5.91 Å². The Bertz CT molecular complexity index is 426. The van der Waals surface area contributed by atoms with E-state index < -0.39 is 0 Å². The van der Waals surface area contributed by atoms with Crippen LogP contribution in [0.25, 0.3) is 0 Å². The van der Waals surface area contributed by atoms with Crippen LogP contribution in [0.5, 0.6) is 5.75 Å². The maximum Gasteiger partial charge on any atom is 0.227 e. The Morgan fingerprint density at radius 3 is 2.75 bits per heavy atom. The zero-order chi connectivity index (χ0) is 14.3. The van der Waals surface area contributed by atoms with Crippen LogP contribution in [0.3, 0.4) is 0 Å². The van der Waals surface area contributed by atoms with Gasteiger partial charge in [-0.2, -0.15) is 0 Å². The van der Waals surface area contributed by atoms with E-state index in [0.717, 1.165) is 0 Å². The van der Waals surface area contributed by atoms with Gasteiger partial charge in [0.15, 0.2) is 0 Å². The van der Waals surface area contributed by atoms with Crippen LogP contribution in [0.2, 0.25) is 5.02 Å². The Morgan fingerprint density at radius 1 is 1.50 bits per heavy atom. The number of halogens is 2. The molecule has 1 amide bonds. The van der Waals surface area contributed by atoms with E-state index in [2.05, 4.69) is 5.32 Å². The molecule has 1 atom stereocenters. The molecule has 0 heterocycles. The molecule has 0 spiro atoms. The van der Waals surface area contributed by atoms with Crippen molar-refractivity contribution < 1.29 is 14.3 Å². The molecule has 0 aliphatic heterocycles. The highest BCUT2D eigenvalue weighted by Gasteiger charge is 2.13. The predicted molar refractivity (Wildman–Crippen MR) is 83.0 cm³/mol. The molecule has 0 aromatic heterocycles. The maximum atomic E-state index is 11.8. The number of carbonyl (C=O) groups is 1. The van der Waals surface area contributed by atoms with Crippen LogP contribution in [0, 0.1) is 0 Å². The number of methoxy groups -OCH3 is 1.